The van der Waals surface area contributed by atoms with Crippen molar-refractivity contribution >= 4 is 70.6 Å². The molecular formula is C40H44ClF3N8O5S. The van der Waals surface area contributed by atoms with Crippen LogP contribution in [0.3, 0.4) is 0 Å². The van der Waals surface area contributed by atoms with E-state index >= 15 is 0 Å². The lowest BCUT2D eigenvalue weighted by Crippen LogP contribution is -2.47. The van der Waals surface area contributed by atoms with Crippen molar-refractivity contribution in [3.05, 3.63) is 70.5 Å². The Morgan fingerprint density at radius 3 is 2.48 bits per heavy atom. The number of nitriles is 1. The Bertz CT molecular complexity index is 2120. The smallest absolute Gasteiger partial charge is 0.419 e. The van der Waals surface area contributed by atoms with Crippen LogP contribution in [-0.2, 0) is 31.8 Å². The third-order valence-electron chi connectivity index (χ3n) is 10.7. The number of likely N-dealkylation sites (tertiary alicyclic amines) is 1. The van der Waals surface area contributed by atoms with Crippen molar-refractivity contribution in [2.24, 2.45) is 5.92 Å². The predicted octanol–water partition coefficient (Wildman–Crippen LogP) is 6.37. The van der Waals surface area contributed by atoms with E-state index in [1.165, 1.54) is 6.07 Å². The van der Waals surface area contributed by atoms with E-state index in [9.17, 15) is 37.6 Å². The third-order valence-corrected chi connectivity index (χ3v) is 11.4. The number of anilines is 4. The van der Waals surface area contributed by atoms with Crippen molar-refractivity contribution in [2.45, 2.75) is 82.6 Å². The van der Waals surface area contributed by atoms with Gasteiger partial charge >= 0.3 is 6.18 Å². The maximum atomic E-state index is 13.7. The van der Waals surface area contributed by atoms with Crippen molar-refractivity contribution in [3.63, 3.8) is 0 Å². The normalized spacial score (nSPS) is 20.2. The van der Waals surface area contributed by atoms with Crippen LogP contribution in [0.15, 0.2) is 48.7 Å². The third kappa shape index (κ3) is 9.46. The highest BCUT2D eigenvalue weighted by atomic mass is 35.5. The molecule has 3 aliphatic rings. The number of thiol groups is 1. The number of ether oxygens (including phenoxy) is 1. The number of piperidine rings is 2. The zero-order chi connectivity index (χ0) is 41.9. The van der Waals surface area contributed by atoms with Crippen molar-refractivity contribution in [1.82, 2.24) is 15.2 Å². The van der Waals surface area contributed by atoms with Crippen molar-refractivity contribution in [2.75, 3.05) is 46.7 Å². The number of hydrogen-bond acceptors (Lipinski definition) is 11. The quantitative estimate of drug-likeness (QED) is 0.119. The van der Waals surface area contributed by atoms with E-state index in [2.05, 4.69) is 25.8 Å². The number of pyridine rings is 1. The first-order valence-electron chi connectivity index (χ1n) is 19.0. The summed E-state index contributed by atoms with van der Waals surface area (Å²) in [5.74, 6) is -0.280. The lowest BCUT2D eigenvalue weighted by molar-refractivity contribution is -0.138. The number of aromatic nitrogens is 1. The number of halogens is 4. The predicted molar refractivity (Wildman–Crippen MR) is 216 cm³/mol. The fourth-order valence-corrected chi connectivity index (χ4v) is 8.48. The van der Waals surface area contributed by atoms with Crippen molar-refractivity contribution in [1.29, 1.82) is 5.26 Å². The van der Waals surface area contributed by atoms with Crippen LogP contribution in [-0.4, -0.2) is 76.8 Å². The van der Waals surface area contributed by atoms with Crippen LogP contribution in [0, 0.1) is 17.2 Å². The molecule has 4 heterocycles. The van der Waals surface area contributed by atoms with Gasteiger partial charge in [-0.25, -0.2) is 4.98 Å². The molecule has 6 rings (SSSR count). The van der Waals surface area contributed by atoms with Gasteiger partial charge in [0.2, 0.25) is 17.7 Å². The summed E-state index contributed by atoms with van der Waals surface area (Å²) in [5.41, 5.74) is -1.70. The van der Waals surface area contributed by atoms with Gasteiger partial charge in [-0.05, 0) is 113 Å². The molecule has 18 heteroatoms. The van der Waals surface area contributed by atoms with Crippen molar-refractivity contribution < 1.29 is 37.1 Å². The molecule has 3 aliphatic heterocycles. The molecule has 0 radical (unpaired) electrons. The summed E-state index contributed by atoms with van der Waals surface area (Å²) in [6, 6.07) is 12.2. The number of amides is 4. The van der Waals surface area contributed by atoms with Crippen LogP contribution >= 0.6 is 24.2 Å². The van der Waals surface area contributed by atoms with Gasteiger partial charge in [0, 0.05) is 28.5 Å². The fraction of sp³-hybridized carbons (Fsp3) is 0.450. The molecule has 0 bridgehead atoms. The lowest BCUT2D eigenvalue weighted by Gasteiger charge is -2.34. The highest BCUT2D eigenvalue weighted by Gasteiger charge is 2.52. The molecule has 0 spiro atoms. The molecule has 4 amide bonds. The molecule has 13 nitrogen and oxygen atoms in total. The largest absolute Gasteiger partial charge is 0.493 e. The number of aryl methyl sites for hydroxylation is 1. The molecule has 3 N–H and O–H groups in total. The Hall–Kier alpha value is -5.05. The maximum absolute atomic E-state index is 13.7. The van der Waals surface area contributed by atoms with Crippen LogP contribution in [0.25, 0.3) is 0 Å². The van der Waals surface area contributed by atoms with E-state index in [-0.39, 0.29) is 30.5 Å². The van der Waals surface area contributed by atoms with Gasteiger partial charge in [0.1, 0.15) is 23.4 Å². The minimum Gasteiger partial charge on any atom is -0.493 e. The first kappa shape index (κ1) is 42.6. The SMILES string of the molecule is CCc1cc(N2C(S)N(c3cnc(C#N)c(C(F)(F)F)c3)C(=O)C2(C)C)ccc1OCCC1CCN(CC(=O)Nc2cc(Cl)cc(NC3CCC(=O)NC3=O)c2)CC1. The topological polar surface area (TPSA) is 160 Å². The van der Waals surface area contributed by atoms with Gasteiger partial charge in [-0.2, -0.15) is 18.4 Å². The Balaban J connectivity index is 0.999. The molecular weight excluding hydrogens is 797 g/mol. The number of imide groups is 1. The van der Waals surface area contributed by atoms with Gasteiger partial charge < -0.3 is 20.3 Å². The van der Waals surface area contributed by atoms with Gasteiger partial charge in [0.05, 0.1) is 30.6 Å². The van der Waals surface area contributed by atoms with Crippen LogP contribution in [0.1, 0.15) is 69.7 Å². The van der Waals surface area contributed by atoms with E-state index < -0.39 is 46.3 Å². The Kier molecular flexibility index (Phi) is 12.8. The van der Waals surface area contributed by atoms with E-state index in [0.717, 1.165) is 55.1 Å². The molecule has 3 saturated heterocycles. The summed E-state index contributed by atoms with van der Waals surface area (Å²) in [6.07, 6.45) is 0.0531. The molecule has 0 saturated carbocycles. The second-order valence-electron chi connectivity index (χ2n) is 15.1. The second kappa shape index (κ2) is 17.4. The molecule has 0 aliphatic carbocycles. The molecule has 2 atom stereocenters. The first-order chi connectivity index (χ1) is 27.5. The number of nitrogens with zero attached hydrogens (tertiary/aromatic N) is 5. The van der Waals surface area contributed by atoms with Crippen LogP contribution < -0.4 is 30.5 Å². The second-order valence-corrected chi connectivity index (χ2v) is 16.0. The van der Waals surface area contributed by atoms with E-state index in [0.29, 0.717) is 53.2 Å². The standard InChI is InChI=1S/C40H44ClF3N8O5S/c1-4-24-15-28(52-38(58)51(37(56)39(52,2)3)29-19-30(40(42,43)44)32(20-45)46-21-29)5-7-33(24)57-14-11-23-9-12-50(13-10-23)22-35(54)48-27-17-25(41)16-26(18-27)47-31-6-8-34(53)49-36(31)55/h5,7,15-19,21,23,31,38,47,58H,4,6,8-14,22H2,1-3H3,(H,48,54)(H,49,53,55). The minimum atomic E-state index is -4.84. The number of carbonyl (C=O) groups excluding carboxylic acids is 4. The lowest BCUT2D eigenvalue weighted by atomic mass is 9.94. The zero-order valence-electron chi connectivity index (χ0n) is 32.2. The highest BCUT2D eigenvalue weighted by Crippen LogP contribution is 2.43. The Morgan fingerprint density at radius 1 is 1.09 bits per heavy atom. The van der Waals surface area contributed by atoms with Crippen LogP contribution in [0.4, 0.5) is 35.9 Å². The summed E-state index contributed by atoms with van der Waals surface area (Å²) in [7, 11) is 0. The number of benzene rings is 2. The van der Waals surface area contributed by atoms with E-state index in [1.807, 2.05) is 19.1 Å². The number of rotatable bonds is 12. The summed E-state index contributed by atoms with van der Waals surface area (Å²) >= 11 is 11.0. The summed E-state index contributed by atoms with van der Waals surface area (Å²) < 4.78 is 47.5. The number of alkyl halides is 3. The molecule has 1 aromatic heterocycles. The summed E-state index contributed by atoms with van der Waals surface area (Å²) in [4.78, 5) is 59.0. The number of hydrogen-bond donors (Lipinski definition) is 4. The van der Waals surface area contributed by atoms with E-state index in [4.69, 9.17) is 29.0 Å². The average molecular weight is 841 g/mol. The molecule has 58 heavy (non-hydrogen) atoms. The maximum Gasteiger partial charge on any atom is 0.419 e. The molecule has 308 valence electrons. The van der Waals surface area contributed by atoms with Gasteiger partial charge in [0.25, 0.3) is 5.91 Å². The molecule has 2 unspecified atom stereocenters. The summed E-state index contributed by atoms with van der Waals surface area (Å²) in [6.45, 7) is 7.50. The number of carbonyl (C=O) groups is 4. The van der Waals surface area contributed by atoms with E-state index in [1.54, 1.807) is 43.0 Å². The number of nitrogens with one attached hydrogen (secondary N) is 3. The Labute approximate surface area is 344 Å². The molecule has 3 fully saturated rings. The minimum absolute atomic E-state index is 0.120. The molecule has 3 aromatic rings. The average Bonchev–Trinajstić information content (AvgIpc) is 3.34. The fourth-order valence-electron chi connectivity index (χ4n) is 7.59. The monoisotopic (exact) mass is 840 g/mol. The first-order valence-corrected chi connectivity index (χ1v) is 19.8. The van der Waals surface area contributed by atoms with Gasteiger partial charge in [-0.3, -0.25) is 34.3 Å². The Morgan fingerprint density at radius 2 is 1.81 bits per heavy atom. The van der Waals surface area contributed by atoms with Gasteiger partial charge in [-0.15, -0.1) is 12.6 Å². The van der Waals surface area contributed by atoms with Gasteiger partial charge in [-0.1, -0.05) is 18.5 Å². The highest BCUT2D eigenvalue weighted by molar-refractivity contribution is 7.81. The van der Waals surface area contributed by atoms with Crippen LogP contribution in [0.2, 0.25) is 5.02 Å². The molecule has 2 aromatic carbocycles. The zero-order valence-corrected chi connectivity index (χ0v) is 33.8. The van der Waals surface area contributed by atoms with Gasteiger partial charge in [0.15, 0.2) is 11.2 Å². The summed E-state index contributed by atoms with van der Waals surface area (Å²) in [5, 5.41) is 17.9. The van der Waals surface area contributed by atoms with Crippen molar-refractivity contribution in [3.8, 4) is 11.8 Å². The van der Waals surface area contributed by atoms with Crippen LogP contribution in [0.5, 0.6) is 5.75 Å².